The topological polar surface area (TPSA) is 32.3 Å². The third-order valence-electron chi connectivity index (χ3n) is 4.24. The van der Waals surface area contributed by atoms with E-state index in [4.69, 9.17) is 0 Å². The number of amides is 1. The lowest BCUT2D eigenvalue weighted by Crippen LogP contribution is -2.51. The average molecular weight is 274 g/mol. The van der Waals surface area contributed by atoms with E-state index in [9.17, 15) is 4.79 Å². The molecule has 0 radical (unpaired) electrons. The van der Waals surface area contributed by atoms with Crippen LogP contribution in [0.25, 0.3) is 0 Å². The molecule has 0 saturated carbocycles. The van der Waals surface area contributed by atoms with Gasteiger partial charge >= 0.3 is 0 Å². The smallest absolute Gasteiger partial charge is 0.232 e. The second kappa shape index (κ2) is 5.96. The van der Waals surface area contributed by atoms with Crippen molar-refractivity contribution in [1.29, 1.82) is 0 Å². The second-order valence-corrected chi connectivity index (χ2v) is 6.44. The molecule has 0 bridgehead atoms. The fraction of sp³-hybridized carbons (Fsp3) is 0.588. The van der Waals surface area contributed by atoms with Crippen molar-refractivity contribution in [1.82, 2.24) is 10.2 Å². The van der Waals surface area contributed by atoms with E-state index in [1.54, 1.807) is 0 Å². The van der Waals surface area contributed by atoms with Crippen LogP contribution in [-0.2, 0) is 10.2 Å². The number of carbonyl (C=O) groups excluding carboxylic acids is 1. The summed E-state index contributed by atoms with van der Waals surface area (Å²) >= 11 is 0. The van der Waals surface area contributed by atoms with Crippen LogP contribution < -0.4 is 5.32 Å². The lowest BCUT2D eigenvalue weighted by Gasteiger charge is -2.35. The van der Waals surface area contributed by atoms with E-state index in [0.29, 0.717) is 5.92 Å². The average Bonchev–Trinajstić information content (AvgIpc) is 2.47. The van der Waals surface area contributed by atoms with E-state index in [0.717, 1.165) is 31.7 Å². The first-order valence-corrected chi connectivity index (χ1v) is 7.53. The summed E-state index contributed by atoms with van der Waals surface area (Å²) in [4.78, 5) is 14.7. The highest BCUT2D eigenvalue weighted by atomic mass is 16.2. The van der Waals surface area contributed by atoms with Crippen molar-refractivity contribution in [2.75, 3.05) is 26.2 Å². The largest absolute Gasteiger partial charge is 0.339 e. The summed E-state index contributed by atoms with van der Waals surface area (Å²) in [6.45, 7) is 11.8. The number of nitrogens with one attached hydrogen (secondary N) is 1. The quantitative estimate of drug-likeness (QED) is 0.918. The maximum atomic E-state index is 12.7. The Hall–Kier alpha value is -1.35. The molecule has 0 unspecified atom stereocenters. The predicted molar refractivity (Wildman–Crippen MR) is 83.0 cm³/mol. The third-order valence-corrected chi connectivity index (χ3v) is 4.24. The molecule has 1 saturated heterocycles. The zero-order valence-corrected chi connectivity index (χ0v) is 13.1. The van der Waals surface area contributed by atoms with Crippen LogP contribution in [0.4, 0.5) is 0 Å². The zero-order chi connectivity index (χ0) is 14.8. The van der Waals surface area contributed by atoms with Crippen LogP contribution in [0.1, 0.15) is 44.7 Å². The van der Waals surface area contributed by atoms with Crippen molar-refractivity contribution in [2.45, 2.75) is 39.0 Å². The number of carbonyl (C=O) groups is 1. The van der Waals surface area contributed by atoms with Gasteiger partial charge in [0.25, 0.3) is 0 Å². The van der Waals surface area contributed by atoms with Gasteiger partial charge in [-0.1, -0.05) is 38.1 Å². The first kappa shape index (κ1) is 15.0. The van der Waals surface area contributed by atoms with E-state index < -0.39 is 5.41 Å². The molecule has 0 spiro atoms. The van der Waals surface area contributed by atoms with Gasteiger partial charge in [-0.2, -0.15) is 0 Å². The van der Waals surface area contributed by atoms with Crippen molar-refractivity contribution in [3.05, 3.63) is 35.4 Å². The van der Waals surface area contributed by atoms with E-state index in [1.807, 2.05) is 18.7 Å². The Labute approximate surface area is 122 Å². The molecule has 0 aromatic heterocycles. The maximum absolute atomic E-state index is 12.7. The summed E-state index contributed by atoms with van der Waals surface area (Å²) in [6, 6.07) is 8.50. The molecule has 3 heteroatoms. The van der Waals surface area contributed by atoms with Gasteiger partial charge in [0.15, 0.2) is 0 Å². The molecule has 1 heterocycles. The molecule has 2 rings (SSSR count). The highest BCUT2D eigenvalue weighted by Crippen LogP contribution is 2.27. The van der Waals surface area contributed by atoms with Crippen LogP contribution in [0.15, 0.2) is 24.3 Å². The van der Waals surface area contributed by atoms with Crippen molar-refractivity contribution in [2.24, 2.45) is 0 Å². The van der Waals surface area contributed by atoms with Gasteiger partial charge in [0.2, 0.25) is 5.91 Å². The molecule has 1 aromatic rings. The van der Waals surface area contributed by atoms with Gasteiger partial charge in [0.1, 0.15) is 0 Å². The Kier molecular flexibility index (Phi) is 4.48. The molecule has 1 N–H and O–H groups in total. The minimum Gasteiger partial charge on any atom is -0.339 e. The number of nitrogens with zero attached hydrogens (tertiary/aromatic N) is 1. The molecule has 1 aromatic carbocycles. The van der Waals surface area contributed by atoms with Gasteiger partial charge in [-0.25, -0.2) is 0 Å². The Morgan fingerprint density at radius 3 is 2.20 bits per heavy atom. The Bertz CT molecular complexity index is 456. The molecular weight excluding hydrogens is 248 g/mol. The van der Waals surface area contributed by atoms with Crippen LogP contribution >= 0.6 is 0 Å². The second-order valence-electron chi connectivity index (χ2n) is 6.44. The number of hydrogen-bond acceptors (Lipinski definition) is 2. The summed E-state index contributed by atoms with van der Waals surface area (Å²) in [5, 5.41) is 3.29. The van der Waals surface area contributed by atoms with Crippen LogP contribution in [0, 0.1) is 0 Å². The minimum absolute atomic E-state index is 0.233. The lowest BCUT2D eigenvalue weighted by atomic mass is 9.82. The van der Waals surface area contributed by atoms with Crippen molar-refractivity contribution < 1.29 is 4.79 Å². The van der Waals surface area contributed by atoms with Crippen LogP contribution in [-0.4, -0.2) is 37.0 Å². The minimum atomic E-state index is -0.452. The third kappa shape index (κ3) is 3.04. The van der Waals surface area contributed by atoms with Gasteiger partial charge in [0.05, 0.1) is 5.41 Å². The van der Waals surface area contributed by atoms with Crippen LogP contribution in [0.2, 0.25) is 0 Å². The summed E-state index contributed by atoms with van der Waals surface area (Å²) in [5.74, 6) is 0.757. The fourth-order valence-electron chi connectivity index (χ4n) is 2.67. The SMILES string of the molecule is CC(C)c1ccc(C(C)(C)C(=O)N2CCNCC2)cc1. The van der Waals surface area contributed by atoms with E-state index in [-0.39, 0.29) is 5.91 Å². The van der Waals surface area contributed by atoms with Crippen molar-refractivity contribution in [3.8, 4) is 0 Å². The Morgan fingerprint density at radius 2 is 1.70 bits per heavy atom. The lowest BCUT2D eigenvalue weighted by molar-refractivity contribution is -0.136. The predicted octanol–water partition coefficient (Wildman–Crippen LogP) is 2.52. The van der Waals surface area contributed by atoms with E-state index in [2.05, 4.69) is 43.4 Å². The van der Waals surface area contributed by atoms with Gasteiger partial charge < -0.3 is 10.2 Å². The maximum Gasteiger partial charge on any atom is 0.232 e. The number of hydrogen-bond donors (Lipinski definition) is 1. The normalized spacial score (nSPS) is 16.6. The summed E-state index contributed by atoms with van der Waals surface area (Å²) in [6.07, 6.45) is 0. The van der Waals surface area contributed by atoms with Gasteiger partial charge in [-0.3, -0.25) is 4.79 Å². The first-order valence-electron chi connectivity index (χ1n) is 7.53. The highest BCUT2D eigenvalue weighted by Gasteiger charge is 2.34. The zero-order valence-electron chi connectivity index (χ0n) is 13.1. The summed E-state index contributed by atoms with van der Waals surface area (Å²) in [7, 11) is 0. The molecule has 20 heavy (non-hydrogen) atoms. The van der Waals surface area contributed by atoms with Crippen LogP contribution in [0.5, 0.6) is 0 Å². The molecule has 1 amide bonds. The van der Waals surface area contributed by atoms with E-state index in [1.165, 1.54) is 5.56 Å². The molecule has 0 aliphatic carbocycles. The molecule has 110 valence electrons. The molecule has 3 nitrogen and oxygen atoms in total. The number of piperazine rings is 1. The Morgan fingerprint density at radius 1 is 1.15 bits per heavy atom. The molecule has 1 fully saturated rings. The van der Waals surface area contributed by atoms with Crippen molar-refractivity contribution in [3.63, 3.8) is 0 Å². The van der Waals surface area contributed by atoms with Crippen molar-refractivity contribution >= 4 is 5.91 Å². The monoisotopic (exact) mass is 274 g/mol. The molecule has 1 aliphatic heterocycles. The number of rotatable bonds is 3. The molecular formula is C17H26N2O. The molecule has 1 aliphatic rings. The van der Waals surface area contributed by atoms with Gasteiger partial charge in [-0.05, 0) is 30.9 Å². The Balaban J connectivity index is 2.17. The standard InChI is InChI=1S/C17H26N2O/c1-13(2)14-5-7-15(8-6-14)17(3,4)16(20)19-11-9-18-10-12-19/h5-8,13,18H,9-12H2,1-4H3. The summed E-state index contributed by atoms with van der Waals surface area (Å²) in [5.41, 5.74) is 1.97. The van der Waals surface area contributed by atoms with E-state index >= 15 is 0 Å². The summed E-state index contributed by atoms with van der Waals surface area (Å²) < 4.78 is 0. The van der Waals surface area contributed by atoms with Crippen LogP contribution in [0.3, 0.4) is 0 Å². The number of benzene rings is 1. The molecule has 0 atom stereocenters. The highest BCUT2D eigenvalue weighted by molar-refractivity contribution is 5.87. The first-order chi connectivity index (χ1) is 9.43. The van der Waals surface area contributed by atoms with Gasteiger partial charge in [-0.15, -0.1) is 0 Å². The fourth-order valence-corrected chi connectivity index (χ4v) is 2.67. The van der Waals surface area contributed by atoms with Gasteiger partial charge in [0, 0.05) is 26.2 Å².